The molecule has 0 bridgehead atoms. The molecule has 0 aromatic heterocycles. The standard InChI is InChI=1S/C22H38O2/c1-3-5-6-7-18-8-13-20(14-9-18)21-15-10-19(11-16-21)12-17-22(23)24-4-2/h12,17-21H,3-11,13-16H2,1-2H3/b17-12+/t18-,19?,20-,21?. The zero-order chi connectivity index (χ0) is 17.2. The van der Waals surface area contributed by atoms with Gasteiger partial charge < -0.3 is 4.74 Å². The maximum Gasteiger partial charge on any atom is 0.330 e. The lowest BCUT2D eigenvalue weighted by Crippen LogP contribution is -2.25. The summed E-state index contributed by atoms with van der Waals surface area (Å²) in [6.07, 6.45) is 20.6. The van der Waals surface area contributed by atoms with Crippen molar-refractivity contribution in [3.8, 4) is 0 Å². The van der Waals surface area contributed by atoms with Crippen molar-refractivity contribution in [3.05, 3.63) is 12.2 Å². The molecule has 2 rings (SSSR count). The van der Waals surface area contributed by atoms with Gasteiger partial charge in [-0.1, -0.05) is 51.5 Å². The number of ether oxygens (including phenoxy) is 1. The number of esters is 1. The van der Waals surface area contributed by atoms with E-state index in [1.54, 1.807) is 6.08 Å². The second kappa shape index (κ2) is 10.9. The van der Waals surface area contributed by atoms with Crippen molar-refractivity contribution in [2.24, 2.45) is 23.7 Å². The van der Waals surface area contributed by atoms with Gasteiger partial charge in [0.1, 0.15) is 0 Å². The summed E-state index contributed by atoms with van der Waals surface area (Å²) in [7, 11) is 0. The number of unbranched alkanes of at least 4 members (excludes halogenated alkanes) is 2. The van der Waals surface area contributed by atoms with Gasteiger partial charge in [0.2, 0.25) is 0 Å². The Morgan fingerprint density at radius 2 is 1.54 bits per heavy atom. The van der Waals surface area contributed by atoms with E-state index in [1.165, 1.54) is 77.0 Å². The average Bonchev–Trinajstić information content (AvgIpc) is 2.62. The number of carbonyl (C=O) groups excluding carboxylic acids is 1. The number of carbonyl (C=O) groups is 1. The summed E-state index contributed by atoms with van der Waals surface area (Å²) in [5.74, 6) is 3.38. The highest BCUT2D eigenvalue weighted by atomic mass is 16.5. The van der Waals surface area contributed by atoms with Crippen LogP contribution in [0, 0.1) is 23.7 Å². The quantitative estimate of drug-likeness (QED) is 0.296. The van der Waals surface area contributed by atoms with Crippen LogP contribution in [0.15, 0.2) is 12.2 Å². The third kappa shape index (κ3) is 6.61. The molecule has 138 valence electrons. The van der Waals surface area contributed by atoms with Gasteiger partial charge in [0, 0.05) is 6.08 Å². The van der Waals surface area contributed by atoms with E-state index in [-0.39, 0.29) is 5.97 Å². The van der Waals surface area contributed by atoms with E-state index in [0.29, 0.717) is 12.5 Å². The van der Waals surface area contributed by atoms with Crippen LogP contribution < -0.4 is 0 Å². The van der Waals surface area contributed by atoms with Crippen LogP contribution in [0.3, 0.4) is 0 Å². The lowest BCUT2D eigenvalue weighted by molar-refractivity contribution is -0.137. The highest BCUT2D eigenvalue weighted by molar-refractivity contribution is 5.81. The first kappa shape index (κ1) is 19.5. The van der Waals surface area contributed by atoms with Gasteiger partial charge >= 0.3 is 5.97 Å². The van der Waals surface area contributed by atoms with E-state index in [9.17, 15) is 4.79 Å². The van der Waals surface area contributed by atoms with Gasteiger partial charge in [-0.2, -0.15) is 0 Å². The zero-order valence-electron chi connectivity index (χ0n) is 16.0. The van der Waals surface area contributed by atoms with Crippen LogP contribution in [-0.4, -0.2) is 12.6 Å². The summed E-state index contributed by atoms with van der Waals surface area (Å²) >= 11 is 0. The fraction of sp³-hybridized carbons (Fsp3) is 0.864. The third-order valence-electron chi connectivity index (χ3n) is 6.38. The predicted molar refractivity (Wildman–Crippen MR) is 101 cm³/mol. The molecular formula is C22H38O2. The molecule has 0 aromatic carbocycles. The van der Waals surface area contributed by atoms with Crippen molar-refractivity contribution in [2.75, 3.05) is 6.61 Å². The van der Waals surface area contributed by atoms with E-state index in [0.717, 1.165) is 17.8 Å². The molecule has 2 nitrogen and oxygen atoms in total. The predicted octanol–water partition coefficient (Wildman–Crippen LogP) is 6.30. The Morgan fingerprint density at radius 1 is 0.917 bits per heavy atom. The molecule has 0 spiro atoms. The fourth-order valence-corrected chi connectivity index (χ4v) is 4.85. The number of hydrogen-bond acceptors (Lipinski definition) is 2. The molecule has 0 amide bonds. The smallest absolute Gasteiger partial charge is 0.330 e. The SMILES string of the molecule is CCCCC[C@H]1CC[C@H](C2CCC(/C=C/C(=O)OCC)CC2)CC1. The van der Waals surface area contributed by atoms with E-state index in [1.807, 2.05) is 6.92 Å². The van der Waals surface area contributed by atoms with Crippen LogP contribution in [0.5, 0.6) is 0 Å². The van der Waals surface area contributed by atoms with Gasteiger partial charge in [-0.05, 0) is 69.1 Å². The molecule has 0 saturated heterocycles. The minimum Gasteiger partial charge on any atom is -0.463 e. The van der Waals surface area contributed by atoms with Crippen molar-refractivity contribution < 1.29 is 9.53 Å². The van der Waals surface area contributed by atoms with Gasteiger partial charge in [-0.15, -0.1) is 0 Å². The van der Waals surface area contributed by atoms with Crippen molar-refractivity contribution >= 4 is 5.97 Å². The monoisotopic (exact) mass is 334 g/mol. The molecule has 2 saturated carbocycles. The molecule has 0 N–H and O–H groups in total. The molecule has 24 heavy (non-hydrogen) atoms. The first-order valence-corrected chi connectivity index (χ1v) is 10.6. The fourth-order valence-electron chi connectivity index (χ4n) is 4.85. The molecule has 2 heteroatoms. The first-order valence-electron chi connectivity index (χ1n) is 10.6. The van der Waals surface area contributed by atoms with Crippen LogP contribution in [0.25, 0.3) is 0 Å². The lowest BCUT2D eigenvalue weighted by Gasteiger charge is -2.37. The van der Waals surface area contributed by atoms with Crippen LogP contribution >= 0.6 is 0 Å². The summed E-state index contributed by atoms with van der Waals surface area (Å²) in [6, 6.07) is 0. The topological polar surface area (TPSA) is 26.3 Å². The Kier molecular flexibility index (Phi) is 8.91. The van der Waals surface area contributed by atoms with Gasteiger partial charge in [-0.25, -0.2) is 4.79 Å². The van der Waals surface area contributed by atoms with Crippen LogP contribution in [-0.2, 0) is 9.53 Å². The second-order valence-electron chi connectivity index (χ2n) is 8.06. The molecule has 0 aliphatic heterocycles. The number of hydrogen-bond donors (Lipinski definition) is 0. The normalized spacial score (nSPS) is 31.2. The Balaban J connectivity index is 1.64. The number of rotatable bonds is 8. The molecule has 2 aliphatic carbocycles. The van der Waals surface area contributed by atoms with Crippen molar-refractivity contribution in [3.63, 3.8) is 0 Å². The molecule has 2 aliphatic rings. The van der Waals surface area contributed by atoms with Crippen molar-refractivity contribution in [1.82, 2.24) is 0 Å². The Hall–Kier alpha value is -0.790. The van der Waals surface area contributed by atoms with E-state index in [2.05, 4.69) is 13.0 Å². The van der Waals surface area contributed by atoms with Gasteiger partial charge in [0.25, 0.3) is 0 Å². The highest BCUT2D eigenvalue weighted by Gasteiger charge is 2.30. The minimum absolute atomic E-state index is 0.180. The second-order valence-corrected chi connectivity index (χ2v) is 8.06. The molecule has 2 fully saturated rings. The molecule has 0 heterocycles. The molecular weight excluding hydrogens is 296 g/mol. The van der Waals surface area contributed by atoms with Crippen LogP contribution in [0.1, 0.15) is 90.9 Å². The first-order chi connectivity index (χ1) is 11.7. The number of allylic oxidation sites excluding steroid dienone is 1. The maximum atomic E-state index is 11.4. The van der Waals surface area contributed by atoms with Crippen LogP contribution in [0.2, 0.25) is 0 Å². The van der Waals surface area contributed by atoms with E-state index >= 15 is 0 Å². The Morgan fingerprint density at radius 3 is 2.12 bits per heavy atom. The maximum absolute atomic E-state index is 11.4. The summed E-state index contributed by atoms with van der Waals surface area (Å²) < 4.78 is 4.97. The summed E-state index contributed by atoms with van der Waals surface area (Å²) in [5, 5.41) is 0. The summed E-state index contributed by atoms with van der Waals surface area (Å²) in [6.45, 7) is 4.63. The Bertz CT molecular complexity index is 371. The van der Waals surface area contributed by atoms with Crippen LogP contribution in [0.4, 0.5) is 0 Å². The van der Waals surface area contributed by atoms with Crippen molar-refractivity contribution in [2.45, 2.75) is 90.9 Å². The molecule has 0 atom stereocenters. The van der Waals surface area contributed by atoms with Gasteiger partial charge in [-0.3, -0.25) is 0 Å². The Labute approximate surface area is 149 Å². The van der Waals surface area contributed by atoms with Crippen molar-refractivity contribution in [1.29, 1.82) is 0 Å². The molecule has 0 aromatic rings. The van der Waals surface area contributed by atoms with Gasteiger partial charge in [0.15, 0.2) is 0 Å². The lowest BCUT2D eigenvalue weighted by atomic mass is 9.68. The minimum atomic E-state index is -0.180. The third-order valence-corrected chi connectivity index (χ3v) is 6.38. The zero-order valence-corrected chi connectivity index (χ0v) is 16.0. The largest absolute Gasteiger partial charge is 0.463 e. The molecule has 0 radical (unpaired) electrons. The summed E-state index contributed by atoms with van der Waals surface area (Å²) in [4.78, 5) is 11.4. The molecule has 0 unspecified atom stereocenters. The highest BCUT2D eigenvalue weighted by Crippen LogP contribution is 2.42. The average molecular weight is 335 g/mol. The summed E-state index contributed by atoms with van der Waals surface area (Å²) in [5.41, 5.74) is 0. The van der Waals surface area contributed by atoms with E-state index < -0.39 is 0 Å². The van der Waals surface area contributed by atoms with E-state index in [4.69, 9.17) is 4.74 Å². The van der Waals surface area contributed by atoms with Gasteiger partial charge in [0.05, 0.1) is 6.61 Å².